The monoisotopic (exact) mass is 335 g/mol. The van der Waals surface area contributed by atoms with Crippen molar-refractivity contribution in [2.24, 2.45) is 0 Å². The molecule has 3 aromatic heterocycles. The van der Waals surface area contributed by atoms with Gasteiger partial charge in [0, 0.05) is 24.5 Å². The molecule has 0 radical (unpaired) electrons. The first-order valence-corrected chi connectivity index (χ1v) is 7.42. The minimum absolute atomic E-state index is 0.145. The number of hydrogen-bond acceptors (Lipinski definition) is 7. The number of hydrogen-bond donors (Lipinski definition) is 2. The predicted molar refractivity (Wildman–Crippen MR) is 90.0 cm³/mol. The Kier molecular flexibility index (Phi) is 3.38. The predicted octanol–water partition coefficient (Wildman–Crippen LogP) is 1.41. The molecule has 3 N–H and O–H groups in total. The van der Waals surface area contributed by atoms with Gasteiger partial charge in [0.05, 0.1) is 11.7 Å². The van der Waals surface area contributed by atoms with Crippen molar-refractivity contribution in [2.45, 2.75) is 0 Å². The van der Waals surface area contributed by atoms with Gasteiger partial charge in [0.25, 0.3) is 5.91 Å². The first-order chi connectivity index (χ1) is 12.2. The van der Waals surface area contributed by atoms with Gasteiger partial charge in [-0.3, -0.25) is 14.3 Å². The molecule has 0 unspecified atom stereocenters. The molecule has 0 bridgehead atoms. The summed E-state index contributed by atoms with van der Waals surface area (Å²) in [6.07, 6.45) is 3.32. The summed E-state index contributed by atoms with van der Waals surface area (Å²) >= 11 is 0. The Morgan fingerprint density at radius 1 is 1.20 bits per heavy atom. The molecule has 0 spiro atoms. The Labute approximate surface area is 141 Å². The zero-order chi connectivity index (χ0) is 17.4. The number of fused-ring (bicyclic) bond motifs is 1. The van der Waals surface area contributed by atoms with E-state index in [9.17, 15) is 4.79 Å². The van der Waals surface area contributed by atoms with Crippen molar-refractivity contribution in [1.29, 1.82) is 0 Å². The van der Waals surface area contributed by atoms with E-state index < -0.39 is 0 Å². The number of nitrogens with zero attached hydrogens (tertiary/aromatic N) is 5. The van der Waals surface area contributed by atoms with E-state index in [1.807, 2.05) is 22.8 Å². The lowest BCUT2D eigenvalue weighted by Crippen LogP contribution is -2.17. The fourth-order valence-electron chi connectivity index (χ4n) is 2.61. The van der Waals surface area contributed by atoms with Crippen LogP contribution in [0.15, 0.2) is 47.4 Å². The molecule has 9 nitrogen and oxygen atoms in total. The minimum Gasteiger partial charge on any atom is -0.379 e. The number of imidazole rings is 1. The van der Waals surface area contributed by atoms with Gasteiger partial charge in [-0.15, -0.1) is 0 Å². The van der Waals surface area contributed by atoms with Gasteiger partial charge in [-0.25, -0.2) is 9.61 Å². The second-order valence-electron chi connectivity index (χ2n) is 5.26. The largest absolute Gasteiger partial charge is 0.379 e. The molecule has 1 aromatic carbocycles. The third kappa shape index (κ3) is 2.38. The molecule has 124 valence electrons. The van der Waals surface area contributed by atoms with Crippen molar-refractivity contribution in [1.82, 2.24) is 30.2 Å². The summed E-state index contributed by atoms with van der Waals surface area (Å²) in [5.41, 5.74) is 9.02. The van der Waals surface area contributed by atoms with Gasteiger partial charge in [-0.05, 0) is 40.6 Å². The number of nitrogen functional groups attached to an aromatic ring is 1. The number of benzene rings is 1. The second kappa shape index (κ2) is 5.71. The van der Waals surface area contributed by atoms with Gasteiger partial charge < -0.3 is 11.1 Å². The molecule has 4 rings (SSSR count). The van der Waals surface area contributed by atoms with Crippen LogP contribution in [0.3, 0.4) is 0 Å². The van der Waals surface area contributed by atoms with Gasteiger partial charge >= 0.3 is 0 Å². The molecule has 3 heterocycles. The lowest BCUT2D eigenvalue weighted by Gasteiger charge is -2.09. The van der Waals surface area contributed by atoms with Gasteiger partial charge in [-0.2, -0.15) is 0 Å². The van der Waals surface area contributed by atoms with E-state index in [0.717, 1.165) is 11.2 Å². The highest BCUT2D eigenvalue weighted by atomic mass is 16.6. The maximum Gasteiger partial charge on any atom is 0.251 e. The summed E-state index contributed by atoms with van der Waals surface area (Å²) in [5, 5.41) is 10.1. The third-order valence-corrected chi connectivity index (χ3v) is 3.80. The van der Waals surface area contributed by atoms with Crippen molar-refractivity contribution in [3.63, 3.8) is 0 Å². The molecule has 0 aliphatic carbocycles. The zero-order valence-corrected chi connectivity index (χ0v) is 13.2. The topological polar surface area (TPSA) is 125 Å². The van der Waals surface area contributed by atoms with Crippen LogP contribution in [0.2, 0.25) is 0 Å². The fraction of sp³-hybridized carbons (Fsp3) is 0.0625. The Morgan fingerprint density at radius 3 is 2.68 bits per heavy atom. The summed E-state index contributed by atoms with van der Waals surface area (Å²) in [7, 11) is 1.59. The quantitative estimate of drug-likeness (QED) is 0.580. The average Bonchev–Trinajstić information content (AvgIpc) is 3.24. The van der Waals surface area contributed by atoms with E-state index in [1.54, 1.807) is 31.6 Å². The van der Waals surface area contributed by atoms with Crippen molar-refractivity contribution < 1.29 is 9.42 Å². The number of aromatic nitrogens is 5. The number of carbonyl (C=O) groups excluding carboxylic acids is 1. The second-order valence-corrected chi connectivity index (χ2v) is 5.26. The van der Waals surface area contributed by atoms with E-state index in [-0.39, 0.29) is 11.7 Å². The number of anilines is 1. The van der Waals surface area contributed by atoms with E-state index in [4.69, 9.17) is 10.4 Å². The van der Waals surface area contributed by atoms with Crippen molar-refractivity contribution in [3.8, 4) is 17.2 Å². The van der Waals surface area contributed by atoms with Crippen LogP contribution in [0.5, 0.6) is 0 Å². The minimum atomic E-state index is -0.156. The smallest absolute Gasteiger partial charge is 0.251 e. The van der Waals surface area contributed by atoms with Crippen LogP contribution < -0.4 is 11.1 Å². The highest BCUT2D eigenvalue weighted by Crippen LogP contribution is 2.29. The normalized spacial score (nSPS) is 10.9. The first kappa shape index (κ1) is 14.8. The van der Waals surface area contributed by atoms with Crippen molar-refractivity contribution >= 4 is 22.8 Å². The molecule has 9 heteroatoms. The van der Waals surface area contributed by atoms with Crippen LogP contribution in [0.1, 0.15) is 10.4 Å². The van der Waals surface area contributed by atoms with Gasteiger partial charge in [0.1, 0.15) is 5.52 Å². The van der Waals surface area contributed by atoms with Gasteiger partial charge in [0.2, 0.25) is 0 Å². The van der Waals surface area contributed by atoms with Crippen molar-refractivity contribution in [2.75, 3.05) is 12.8 Å². The standard InChI is InChI=1S/C16H13N7O2/c1-18-16(24)9-2-4-10(5-3-9)23-12-6-7-19-8-11(12)20-15(23)13-14(17)22-25-21-13/h2-8H,1H3,(H2,17,22)(H,18,24). The summed E-state index contributed by atoms with van der Waals surface area (Å²) in [4.78, 5) is 20.4. The van der Waals surface area contributed by atoms with Crippen LogP contribution in [0, 0.1) is 0 Å². The lowest BCUT2D eigenvalue weighted by atomic mass is 10.2. The summed E-state index contributed by atoms with van der Waals surface area (Å²) in [5.74, 6) is 0.470. The lowest BCUT2D eigenvalue weighted by molar-refractivity contribution is 0.0963. The number of amides is 1. The van der Waals surface area contributed by atoms with E-state index in [2.05, 4.69) is 25.6 Å². The summed E-state index contributed by atoms with van der Waals surface area (Å²) in [6.45, 7) is 0. The molecule has 0 atom stereocenters. The zero-order valence-electron chi connectivity index (χ0n) is 13.2. The van der Waals surface area contributed by atoms with Crippen LogP contribution in [-0.2, 0) is 0 Å². The summed E-state index contributed by atoms with van der Waals surface area (Å²) < 4.78 is 6.57. The van der Waals surface area contributed by atoms with Crippen LogP contribution in [-0.4, -0.2) is 37.8 Å². The molecule has 0 aliphatic rings. The number of carbonyl (C=O) groups is 1. The van der Waals surface area contributed by atoms with E-state index in [1.165, 1.54) is 0 Å². The maximum atomic E-state index is 11.7. The first-order valence-electron chi connectivity index (χ1n) is 7.42. The number of rotatable bonds is 3. The molecular weight excluding hydrogens is 322 g/mol. The highest BCUT2D eigenvalue weighted by Gasteiger charge is 2.20. The van der Waals surface area contributed by atoms with E-state index >= 15 is 0 Å². The van der Waals surface area contributed by atoms with E-state index in [0.29, 0.717) is 22.6 Å². The highest BCUT2D eigenvalue weighted by molar-refractivity contribution is 5.94. The number of nitrogens with one attached hydrogen (secondary N) is 1. The molecular formula is C16H13N7O2. The Bertz CT molecular complexity index is 1070. The molecule has 1 amide bonds. The fourth-order valence-corrected chi connectivity index (χ4v) is 2.61. The third-order valence-electron chi connectivity index (χ3n) is 3.80. The number of nitrogens with two attached hydrogens (primary N) is 1. The maximum absolute atomic E-state index is 11.7. The SMILES string of the molecule is CNC(=O)c1ccc(-n2c(-c3nonc3N)nc3cnccc32)cc1. The molecule has 0 fully saturated rings. The Balaban J connectivity index is 1.94. The molecule has 0 saturated carbocycles. The van der Waals surface area contributed by atoms with Gasteiger partial charge in [-0.1, -0.05) is 0 Å². The molecule has 25 heavy (non-hydrogen) atoms. The van der Waals surface area contributed by atoms with Crippen molar-refractivity contribution in [3.05, 3.63) is 48.3 Å². The van der Waals surface area contributed by atoms with Crippen LogP contribution in [0.4, 0.5) is 5.82 Å². The molecule has 4 aromatic rings. The molecule has 0 aliphatic heterocycles. The number of pyridine rings is 1. The molecule has 0 saturated heterocycles. The van der Waals surface area contributed by atoms with Crippen LogP contribution in [0.25, 0.3) is 28.2 Å². The average molecular weight is 335 g/mol. The van der Waals surface area contributed by atoms with Gasteiger partial charge in [0.15, 0.2) is 17.3 Å². The summed E-state index contributed by atoms with van der Waals surface area (Å²) in [6, 6.07) is 8.94. The Morgan fingerprint density at radius 2 is 2.00 bits per heavy atom. The Hall–Kier alpha value is -3.75. The van der Waals surface area contributed by atoms with Crippen LogP contribution >= 0.6 is 0 Å².